The Morgan fingerprint density at radius 1 is 1.17 bits per heavy atom. The zero-order valence-corrected chi connectivity index (χ0v) is 10.5. The number of hydrogen-bond acceptors (Lipinski definition) is 4. The molecule has 0 bridgehead atoms. The van der Waals surface area contributed by atoms with Gasteiger partial charge >= 0.3 is 0 Å². The molecule has 0 saturated heterocycles. The summed E-state index contributed by atoms with van der Waals surface area (Å²) in [5.74, 6) is -0.420. The van der Waals surface area contributed by atoms with E-state index in [4.69, 9.17) is 5.73 Å². The van der Waals surface area contributed by atoms with E-state index in [1.165, 1.54) is 17.4 Å². The molecule has 2 aromatic heterocycles. The highest BCUT2D eigenvalue weighted by molar-refractivity contribution is 7.21. The molecule has 2 heterocycles. The van der Waals surface area contributed by atoms with Crippen molar-refractivity contribution in [1.82, 2.24) is 9.97 Å². The predicted octanol–water partition coefficient (Wildman–Crippen LogP) is 3.39. The number of nitrogens with zero attached hydrogens (tertiary/aromatic N) is 2. The summed E-state index contributed by atoms with van der Waals surface area (Å²) in [5, 5.41) is 0.752. The Kier molecular flexibility index (Phi) is 2.48. The second kappa shape index (κ2) is 4.03. The van der Waals surface area contributed by atoms with Gasteiger partial charge in [-0.15, -0.1) is 0 Å². The first-order valence-electron chi connectivity index (χ1n) is 5.43. The molecule has 1 aromatic carbocycles. The van der Waals surface area contributed by atoms with Crippen LogP contribution >= 0.6 is 11.3 Å². The van der Waals surface area contributed by atoms with E-state index < -0.39 is 5.82 Å². The Hall–Kier alpha value is -2.01. The molecular formula is C13H10FN3S. The third-order valence-electron chi connectivity index (χ3n) is 2.64. The van der Waals surface area contributed by atoms with Gasteiger partial charge in [0.05, 0.1) is 5.69 Å². The second-order valence-corrected chi connectivity index (χ2v) is 5.01. The van der Waals surface area contributed by atoms with E-state index in [0.29, 0.717) is 0 Å². The number of rotatable bonds is 1. The van der Waals surface area contributed by atoms with Gasteiger partial charge in [-0.2, -0.15) is 0 Å². The summed E-state index contributed by atoms with van der Waals surface area (Å²) in [7, 11) is 0. The second-order valence-electron chi connectivity index (χ2n) is 4.03. The first-order chi connectivity index (χ1) is 8.63. The summed E-state index contributed by atoms with van der Waals surface area (Å²) in [4.78, 5) is 9.71. The average Bonchev–Trinajstić information content (AvgIpc) is 2.75. The summed E-state index contributed by atoms with van der Waals surface area (Å²) < 4.78 is 13.4. The lowest BCUT2D eigenvalue weighted by molar-refractivity contribution is 0.633. The Morgan fingerprint density at radius 3 is 2.78 bits per heavy atom. The molecule has 0 radical (unpaired) electrons. The summed E-state index contributed by atoms with van der Waals surface area (Å²) in [6.45, 7) is 1.93. The lowest BCUT2D eigenvalue weighted by atomic mass is 10.2. The number of benzene rings is 1. The fourth-order valence-electron chi connectivity index (χ4n) is 1.69. The van der Waals surface area contributed by atoms with Gasteiger partial charge in [-0.25, -0.2) is 14.4 Å². The van der Waals surface area contributed by atoms with Crippen molar-refractivity contribution in [3.63, 3.8) is 0 Å². The number of thiazole rings is 1. The molecule has 0 amide bonds. The lowest BCUT2D eigenvalue weighted by Crippen LogP contribution is -1.90. The van der Waals surface area contributed by atoms with Crippen LogP contribution in [0, 0.1) is 12.7 Å². The number of nitrogens with two attached hydrogens (primary N) is 1. The van der Waals surface area contributed by atoms with E-state index in [9.17, 15) is 4.39 Å². The molecule has 0 atom stereocenters. The van der Waals surface area contributed by atoms with Gasteiger partial charge in [0.25, 0.3) is 0 Å². The van der Waals surface area contributed by atoms with Crippen molar-refractivity contribution < 1.29 is 4.39 Å². The molecule has 0 aliphatic rings. The van der Waals surface area contributed by atoms with Gasteiger partial charge in [0.15, 0.2) is 0 Å². The molecule has 0 aliphatic carbocycles. The maximum atomic E-state index is 13.4. The van der Waals surface area contributed by atoms with Gasteiger partial charge in [0, 0.05) is 11.3 Å². The first kappa shape index (κ1) is 11.1. The minimum Gasteiger partial charge on any atom is -0.396 e. The number of halogens is 1. The van der Waals surface area contributed by atoms with Crippen LogP contribution in [0.25, 0.3) is 20.9 Å². The Labute approximate surface area is 107 Å². The van der Waals surface area contributed by atoms with Crippen LogP contribution < -0.4 is 5.73 Å². The van der Waals surface area contributed by atoms with E-state index in [-0.39, 0.29) is 5.69 Å². The maximum absolute atomic E-state index is 13.4. The SMILES string of the molecule is Cc1ccc2nc(-c3ccc(N)c(F)c3)sc2n1. The maximum Gasteiger partial charge on any atom is 0.146 e. The smallest absolute Gasteiger partial charge is 0.146 e. The monoisotopic (exact) mass is 259 g/mol. The zero-order chi connectivity index (χ0) is 12.7. The molecule has 3 aromatic rings. The minimum atomic E-state index is -0.420. The topological polar surface area (TPSA) is 51.8 Å². The molecule has 0 fully saturated rings. The van der Waals surface area contributed by atoms with Crippen LogP contribution in [0.3, 0.4) is 0 Å². The molecule has 0 unspecified atom stereocenters. The van der Waals surface area contributed by atoms with E-state index in [2.05, 4.69) is 9.97 Å². The Balaban J connectivity index is 2.16. The van der Waals surface area contributed by atoms with Gasteiger partial charge in [0.1, 0.15) is 21.2 Å². The van der Waals surface area contributed by atoms with Crippen molar-refractivity contribution in [2.24, 2.45) is 0 Å². The summed E-state index contributed by atoms with van der Waals surface area (Å²) in [6.07, 6.45) is 0. The van der Waals surface area contributed by atoms with Crippen LogP contribution in [0.1, 0.15) is 5.69 Å². The van der Waals surface area contributed by atoms with Crippen LogP contribution in [-0.2, 0) is 0 Å². The molecule has 2 N–H and O–H groups in total. The molecule has 3 nitrogen and oxygen atoms in total. The normalized spacial score (nSPS) is 11.0. The van der Waals surface area contributed by atoms with Crippen molar-refractivity contribution in [3.05, 3.63) is 41.8 Å². The highest BCUT2D eigenvalue weighted by atomic mass is 32.1. The van der Waals surface area contributed by atoms with Gasteiger partial charge < -0.3 is 5.73 Å². The fourth-order valence-corrected chi connectivity index (χ4v) is 2.67. The molecular weight excluding hydrogens is 249 g/mol. The predicted molar refractivity (Wildman–Crippen MR) is 72.0 cm³/mol. The van der Waals surface area contributed by atoms with Crippen molar-refractivity contribution in [2.45, 2.75) is 6.92 Å². The first-order valence-corrected chi connectivity index (χ1v) is 6.25. The standard InChI is InChI=1S/C13H10FN3S/c1-7-2-5-11-13(16-7)18-12(17-11)8-3-4-10(15)9(14)6-8/h2-6H,15H2,1H3. The summed E-state index contributed by atoms with van der Waals surface area (Å²) in [5.41, 5.74) is 8.11. The quantitative estimate of drug-likeness (QED) is 0.681. The van der Waals surface area contributed by atoms with Gasteiger partial charge in [-0.1, -0.05) is 11.3 Å². The van der Waals surface area contributed by atoms with Crippen molar-refractivity contribution in [2.75, 3.05) is 5.73 Å². The molecule has 0 spiro atoms. The van der Waals surface area contributed by atoms with Gasteiger partial charge in [-0.05, 0) is 37.3 Å². The van der Waals surface area contributed by atoms with Crippen molar-refractivity contribution in [3.8, 4) is 10.6 Å². The van der Waals surface area contributed by atoms with Crippen LogP contribution in [0.5, 0.6) is 0 Å². The van der Waals surface area contributed by atoms with Crippen LogP contribution in [0.4, 0.5) is 10.1 Å². The summed E-state index contributed by atoms with van der Waals surface area (Å²) >= 11 is 1.45. The fraction of sp³-hybridized carbons (Fsp3) is 0.0769. The van der Waals surface area contributed by atoms with Crippen LogP contribution in [0.2, 0.25) is 0 Å². The number of fused-ring (bicyclic) bond motifs is 1. The highest BCUT2D eigenvalue weighted by Gasteiger charge is 2.09. The molecule has 18 heavy (non-hydrogen) atoms. The van der Waals surface area contributed by atoms with Crippen LogP contribution in [-0.4, -0.2) is 9.97 Å². The minimum absolute atomic E-state index is 0.147. The Bertz CT molecular complexity index is 736. The number of pyridine rings is 1. The average molecular weight is 259 g/mol. The number of nitrogen functional groups attached to an aromatic ring is 1. The molecule has 0 aliphatic heterocycles. The lowest BCUT2D eigenvalue weighted by Gasteiger charge is -1.98. The highest BCUT2D eigenvalue weighted by Crippen LogP contribution is 2.30. The van der Waals surface area contributed by atoms with Crippen molar-refractivity contribution >= 4 is 27.4 Å². The third-order valence-corrected chi connectivity index (χ3v) is 3.66. The molecule has 90 valence electrons. The number of hydrogen-bond donors (Lipinski definition) is 1. The third kappa shape index (κ3) is 1.82. The van der Waals surface area contributed by atoms with Crippen LogP contribution in [0.15, 0.2) is 30.3 Å². The molecule has 5 heteroatoms. The number of aromatic nitrogens is 2. The van der Waals surface area contributed by atoms with E-state index in [0.717, 1.165) is 26.6 Å². The Morgan fingerprint density at radius 2 is 2.00 bits per heavy atom. The van der Waals surface area contributed by atoms with E-state index >= 15 is 0 Å². The van der Waals surface area contributed by atoms with Gasteiger partial charge in [-0.3, -0.25) is 0 Å². The summed E-state index contributed by atoms with van der Waals surface area (Å²) in [6, 6.07) is 8.55. The largest absolute Gasteiger partial charge is 0.396 e. The van der Waals surface area contributed by atoms with E-state index in [1.54, 1.807) is 12.1 Å². The van der Waals surface area contributed by atoms with E-state index in [1.807, 2.05) is 19.1 Å². The van der Waals surface area contributed by atoms with Gasteiger partial charge in [0.2, 0.25) is 0 Å². The molecule has 0 saturated carbocycles. The van der Waals surface area contributed by atoms with Crippen molar-refractivity contribution in [1.29, 1.82) is 0 Å². The zero-order valence-electron chi connectivity index (χ0n) is 9.64. The number of aryl methyl sites for hydroxylation is 1. The molecule has 3 rings (SSSR count). The number of anilines is 1.